The predicted molar refractivity (Wildman–Crippen MR) is 49.5 cm³/mol. The Kier molecular flexibility index (Phi) is 2.71. The van der Waals surface area contributed by atoms with E-state index in [1.165, 1.54) is 19.3 Å². The number of carbonyl (C=O) groups is 1. The van der Waals surface area contributed by atoms with Gasteiger partial charge in [0.05, 0.1) is 0 Å². The normalized spacial score (nSPS) is 24.0. The highest BCUT2D eigenvalue weighted by molar-refractivity contribution is 5.67. The van der Waals surface area contributed by atoms with Crippen LogP contribution < -0.4 is 5.32 Å². The van der Waals surface area contributed by atoms with E-state index in [-0.39, 0.29) is 12.2 Å². The van der Waals surface area contributed by atoms with Crippen molar-refractivity contribution in [3.63, 3.8) is 0 Å². The summed E-state index contributed by atoms with van der Waals surface area (Å²) in [6.07, 6.45) is 8.02. The van der Waals surface area contributed by atoms with Crippen molar-refractivity contribution in [1.82, 2.24) is 5.32 Å². The van der Waals surface area contributed by atoms with Crippen LogP contribution in [0, 0.1) is 0 Å². The molecule has 2 fully saturated rings. The van der Waals surface area contributed by atoms with Gasteiger partial charge in [-0.2, -0.15) is 0 Å². The third-order valence-corrected chi connectivity index (χ3v) is 3.00. The van der Waals surface area contributed by atoms with Crippen molar-refractivity contribution >= 4 is 6.09 Å². The molecule has 74 valence electrons. The van der Waals surface area contributed by atoms with Gasteiger partial charge in [0.1, 0.15) is 6.10 Å². The number of nitrogens with one attached hydrogen (secondary N) is 1. The fraction of sp³-hybridized carbons (Fsp3) is 0.900. The Morgan fingerprint density at radius 1 is 1.08 bits per heavy atom. The Hall–Kier alpha value is -0.730. The molecular weight excluding hydrogens is 166 g/mol. The minimum atomic E-state index is -0.198. The first kappa shape index (κ1) is 8.85. The minimum absolute atomic E-state index is 0.195. The zero-order valence-corrected chi connectivity index (χ0v) is 7.92. The molecule has 1 amide bonds. The number of hydrogen-bond donors (Lipinski definition) is 1. The van der Waals surface area contributed by atoms with Crippen LogP contribution in [0.25, 0.3) is 0 Å². The van der Waals surface area contributed by atoms with Crippen LogP contribution >= 0.6 is 0 Å². The van der Waals surface area contributed by atoms with E-state index in [0.717, 1.165) is 25.7 Å². The van der Waals surface area contributed by atoms with Crippen molar-refractivity contribution in [2.75, 3.05) is 0 Å². The van der Waals surface area contributed by atoms with Gasteiger partial charge in [-0.25, -0.2) is 4.79 Å². The second kappa shape index (κ2) is 3.99. The standard InChI is InChI=1S/C10H17NO2/c12-10(11-8-4-3-5-8)13-9-6-1-2-7-9/h8-9H,1-7H2,(H,11,12). The fourth-order valence-electron chi connectivity index (χ4n) is 1.91. The third kappa shape index (κ3) is 2.36. The Bertz CT molecular complexity index is 183. The Morgan fingerprint density at radius 2 is 1.77 bits per heavy atom. The van der Waals surface area contributed by atoms with E-state index in [1.54, 1.807) is 0 Å². The summed E-state index contributed by atoms with van der Waals surface area (Å²) in [6, 6.07) is 0.397. The van der Waals surface area contributed by atoms with Gasteiger partial charge in [-0.15, -0.1) is 0 Å². The van der Waals surface area contributed by atoms with E-state index < -0.39 is 0 Å². The van der Waals surface area contributed by atoms with Gasteiger partial charge < -0.3 is 10.1 Å². The lowest BCUT2D eigenvalue weighted by molar-refractivity contribution is 0.0940. The highest BCUT2D eigenvalue weighted by Crippen LogP contribution is 2.22. The molecule has 0 atom stereocenters. The summed E-state index contributed by atoms with van der Waals surface area (Å²) in [6.45, 7) is 0. The maximum absolute atomic E-state index is 11.3. The molecule has 2 rings (SSSR count). The van der Waals surface area contributed by atoms with E-state index in [9.17, 15) is 4.79 Å². The van der Waals surface area contributed by atoms with E-state index >= 15 is 0 Å². The van der Waals surface area contributed by atoms with Crippen molar-refractivity contribution < 1.29 is 9.53 Å². The Balaban J connectivity index is 1.64. The van der Waals surface area contributed by atoms with Crippen LogP contribution in [0.15, 0.2) is 0 Å². The van der Waals surface area contributed by atoms with Crippen molar-refractivity contribution in [2.45, 2.75) is 57.1 Å². The summed E-state index contributed by atoms with van der Waals surface area (Å²) in [5.74, 6) is 0. The van der Waals surface area contributed by atoms with Crippen LogP contribution in [0.1, 0.15) is 44.9 Å². The van der Waals surface area contributed by atoms with E-state index in [4.69, 9.17) is 4.74 Å². The first-order valence-electron chi connectivity index (χ1n) is 5.32. The van der Waals surface area contributed by atoms with E-state index in [0.29, 0.717) is 6.04 Å². The highest BCUT2D eigenvalue weighted by atomic mass is 16.6. The van der Waals surface area contributed by atoms with Gasteiger partial charge in [-0.05, 0) is 44.9 Å². The largest absolute Gasteiger partial charge is 0.446 e. The number of hydrogen-bond acceptors (Lipinski definition) is 2. The van der Waals surface area contributed by atoms with E-state index in [2.05, 4.69) is 5.32 Å². The lowest BCUT2D eigenvalue weighted by Gasteiger charge is -2.26. The summed E-state index contributed by atoms with van der Waals surface area (Å²) >= 11 is 0. The molecule has 13 heavy (non-hydrogen) atoms. The van der Waals surface area contributed by atoms with Crippen LogP contribution in [0.5, 0.6) is 0 Å². The molecule has 0 aromatic rings. The summed E-state index contributed by atoms with van der Waals surface area (Å²) in [5, 5.41) is 2.88. The topological polar surface area (TPSA) is 38.3 Å². The molecule has 0 saturated heterocycles. The Morgan fingerprint density at radius 3 is 2.31 bits per heavy atom. The summed E-state index contributed by atoms with van der Waals surface area (Å²) < 4.78 is 5.27. The van der Waals surface area contributed by atoms with Gasteiger partial charge in [-0.1, -0.05) is 0 Å². The van der Waals surface area contributed by atoms with Crippen LogP contribution in [0.2, 0.25) is 0 Å². The van der Waals surface area contributed by atoms with Gasteiger partial charge in [0.25, 0.3) is 0 Å². The van der Waals surface area contributed by atoms with Gasteiger partial charge in [-0.3, -0.25) is 0 Å². The number of alkyl carbamates (subject to hydrolysis) is 1. The van der Waals surface area contributed by atoms with Crippen LogP contribution in [-0.4, -0.2) is 18.2 Å². The zero-order valence-electron chi connectivity index (χ0n) is 7.92. The van der Waals surface area contributed by atoms with E-state index in [1.807, 2.05) is 0 Å². The molecule has 1 N–H and O–H groups in total. The van der Waals surface area contributed by atoms with Crippen LogP contribution in [0.4, 0.5) is 4.79 Å². The molecule has 2 saturated carbocycles. The quantitative estimate of drug-likeness (QED) is 0.712. The van der Waals surface area contributed by atoms with Crippen molar-refractivity contribution in [2.24, 2.45) is 0 Å². The van der Waals surface area contributed by atoms with Gasteiger partial charge in [0, 0.05) is 6.04 Å². The first-order valence-corrected chi connectivity index (χ1v) is 5.32. The van der Waals surface area contributed by atoms with Crippen LogP contribution in [-0.2, 0) is 4.74 Å². The molecule has 0 aliphatic heterocycles. The molecule has 0 radical (unpaired) electrons. The minimum Gasteiger partial charge on any atom is -0.446 e. The summed E-state index contributed by atoms with van der Waals surface area (Å²) in [5.41, 5.74) is 0. The molecule has 3 nitrogen and oxygen atoms in total. The first-order chi connectivity index (χ1) is 6.34. The second-order valence-corrected chi connectivity index (χ2v) is 4.08. The lowest BCUT2D eigenvalue weighted by atomic mass is 9.93. The van der Waals surface area contributed by atoms with Crippen LogP contribution in [0.3, 0.4) is 0 Å². The van der Waals surface area contributed by atoms with Gasteiger partial charge >= 0.3 is 6.09 Å². The summed E-state index contributed by atoms with van der Waals surface area (Å²) in [7, 11) is 0. The second-order valence-electron chi connectivity index (χ2n) is 4.08. The molecule has 2 aliphatic carbocycles. The van der Waals surface area contributed by atoms with Crippen molar-refractivity contribution in [1.29, 1.82) is 0 Å². The molecule has 3 heteroatoms. The number of carbonyl (C=O) groups excluding carboxylic acids is 1. The monoisotopic (exact) mass is 183 g/mol. The average molecular weight is 183 g/mol. The fourth-order valence-corrected chi connectivity index (χ4v) is 1.91. The smallest absolute Gasteiger partial charge is 0.407 e. The molecule has 0 bridgehead atoms. The molecule has 0 spiro atoms. The zero-order chi connectivity index (χ0) is 9.10. The maximum Gasteiger partial charge on any atom is 0.407 e. The maximum atomic E-state index is 11.3. The number of rotatable bonds is 2. The molecule has 0 heterocycles. The number of amides is 1. The van der Waals surface area contributed by atoms with Gasteiger partial charge in [0.15, 0.2) is 0 Å². The number of ether oxygens (including phenoxy) is 1. The molecule has 0 unspecified atom stereocenters. The molecule has 0 aromatic carbocycles. The Labute approximate surface area is 78.8 Å². The molecule has 0 aromatic heterocycles. The SMILES string of the molecule is O=C(NC1CCC1)OC1CCCC1. The summed E-state index contributed by atoms with van der Waals surface area (Å²) in [4.78, 5) is 11.3. The molecule has 2 aliphatic rings. The molecular formula is C10H17NO2. The third-order valence-electron chi connectivity index (χ3n) is 3.00. The average Bonchev–Trinajstić information content (AvgIpc) is 2.49. The predicted octanol–water partition coefficient (Wildman–Crippen LogP) is 2.21. The van der Waals surface area contributed by atoms with Crippen molar-refractivity contribution in [3.8, 4) is 0 Å². The van der Waals surface area contributed by atoms with Crippen molar-refractivity contribution in [3.05, 3.63) is 0 Å². The van der Waals surface area contributed by atoms with Gasteiger partial charge in [0.2, 0.25) is 0 Å². The highest BCUT2D eigenvalue weighted by Gasteiger charge is 2.23. The lowest BCUT2D eigenvalue weighted by Crippen LogP contribution is -2.40.